The van der Waals surface area contributed by atoms with E-state index in [1.54, 1.807) is 11.3 Å². The quantitative estimate of drug-likeness (QED) is 0.800. The van der Waals surface area contributed by atoms with Crippen LogP contribution in [0.2, 0.25) is 0 Å². The molecule has 15 heavy (non-hydrogen) atoms. The van der Waals surface area contributed by atoms with Gasteiger partial charge < -0.3 is 10.8 Å². The number of thiophene rings is 1. The van der Waals surface area contributed by atoms with Gasteiger partial charge in [0.25, 0.3) is 0 Å². The van der Waals surface area contributed by atoms with Gasteiger partial charge in [-0.2, -0.15) is 0 Å². The molecule has 0 aliphatic rings. The fraction of sp³-hybridized carbons (Fsp3) is 0.636. The normalized spacial score (nSPS) is 15.6. The third kappa shape index (κ3) is 3.28. The summed E-state index contributed by atoms with van der Waals surface area (Å²) in [5, 5.41) is 8.94. The molecule has 0 spiro atoms. The predicted molar refractivity (Wildman–Crippen MR) is 65.2 cm³/mol. The SMILES string of the molecule is Cc1ccc(C(C(C)N)N(C)CCO)s1. The molecule has 1 heterocycles. The van der Waals surface area contributed by atoms with E-state index < -0.39 is 0 Å². The van der Waals surface area contributed by atoms with E-state index in [1.165, 1.54) is 9.75 Å². The van der Waals surface area contributed by atoms with Gasteiger partial charge in [0.1, 0.15) is 0 Å². The molecule has 0 saturated heterocycles. The topological polar surface area (TPSA) is 49.5 Å². The first-order valence-electron chi connectivity index (χ1n) is 5.19. The summed E-state index contributed by atoms with van der Waals surface area (Å²) in [6.45, 7) is 4.93. The minimum atomic E-state index is 0.0691. The summed E-state index contributed by atoms with van der Waals surface area (Å²) < 4.78 is 0. The van der Waals surface area contributed by atoms with E-state index in [2.05, 4.69) is 24.0 Å². The number of hydrogen-bond donors (Lipinski definition) is 2. The highest BCUT2D eigenvalue weighted by Crippen LogP contribution is 2.28. The molecule has 0 aliphatic carbocycles. The third-order valence-electron chi connectivity index (χ3n) is 2.48. The van der Waals surface area contributed by atoms with Crippen molar-refractivity contribution in [3.8, 4) is 0 Å². The Balaban J connectivity index is 2.82. The highest BCUT2D eigenvalue weighted by molar-refractivity contribution is 7.12. The smallest absolute Gasteiger partial charge is 0.0589 e. The number of aryl methyl sites for hydroxylation is 1. The van der Waals surface area contributed by atoms with Crippen molar-refractivity contribution in [3.05, 3.63) is 21.9 Å². The first-order valence-corrected chi connectivity index (χ1v) is 6.01. The molecule has 1 rings (SSSR count). The van der Waals surface area contributed by atoms with Crippen LogP contribution in [0.3, 0.4) is 0 Å². The number of nitrogens with two attached hydrogens (primary N) is 1. The van der Waals surface area contributed by atoms with E-state index in [0.29, 0.717) is 6.54 Å². The van der Waals surface area contributed by atoms with Crippen molar-refractivity contribution in [1.82, 2.24) is 4.90 Å². The summed E-state index contributed by atoms with van der Waals surface area (Å²) in [4.78, 5) is 4.68. The number of rotatable bonds is 5. The van der Waals surface area contributed by atoms with E-state index in [9.17, 15) is 0 Å². The average molecular weight is 228 g/mol. The zero-order valence-corrected chi connectivity index (χ0v) is 10.4. The van der Waals surface area contributed by atoms with Gasteiger partial charge in [-0.15, -0.1) is 11.3 Å². The number of aliphatic hydroxyl groups is 1. The molecule has 0 aromatic carbocycles. The number of likely N-dealkylation sites (N-methyl/N-ethyl adjacent to an activating group) is 1. The highest BCUT2D eigenvalue weighted by atomic mass is 32.1. The fourth-order valence-electron chi connectivity index (χ4n) is 1.79. The van der Waals surface area contributed by atoms with Crippen molar-refractivity contribution in [3.63, 3.8) is 0 Å². The minimum absolute atomic E-state index is 0.0691. The van der Waals surface area contributed by atoms with Crippen LogP contribution in [0.4, 0.5) is 0 Å². The van der Waals surface area contributed by atoms with Gasteiger partial charge in [0, 0.05) is 22.3 Å². The maximum Gasteiger partial charge on any atom is 0.0589 e. The van der Waals surface area contributed by atoms with Crippen LogP contribution >= 0.6 is 11.3 Å². The van der Waals surface area contributed by atoms with Crippen LogP contribution in [0, 0.1) is 6.92 Å². The zero-order chi connectivity index (χ0) is 11.4. The summed E-state index contributed by atoms with van der Waals surface area (Å²) >= 11 is 1.78. The van der Waals surface area contributed by atoms with Gasteiger partial charge in [0.15, 0.2) is 0 Å². The Hall–Kier alpha value is -0.420. The maximum absolute atomic E-state index is 8.94. The van der Waals surface area contributed by atoms with Crippen LogP contribution in [0.25, 0.3) is 0 Å². The van der Waals surface area contributed by atoms with E-state index in [4.69, 9.17) is 10.8 Å². The van der Waals surface area contributed by atoms with Gasteiger partial charge in [-0.25, -0.2) is 0 Å². The number of hydrogen-bond acceptors (Lipinski definition) is 4. The molecule has 1 aromatic rings. The van der Waals surface area contributed by atoms with E-state index in [0.717, 1.165) is 0 Å². The average Bonchev–Trinajstić information content (AvgIpc) is 2.51. The molecule has 86 valence electrons. The van der Waals surface area contributed by atoms with Crippen LogP contribution in [0.1, 0.15) is 22.7 Å². The fourth-order valence-corrected chi connectivity index (χ4v) is 2.95. The summed E-state index contributed by atoms with van der Waals surface area (Å²) in [6.07, 6.45) is 0. The maximum atomic E-state index is 8.94. The van der Waals surface area contributed by atoms with Gasteiger partial charge in [0.05, 0.1) is 12.6 Å². The van der Waals surface area contributed by atoms with Crippen molar-refractivity contribution in [2.24, 2.45) is 5.73 Å². The molecule has 0 radical (unpaired) electrons. The lowest BCUT2D eigenvalue weighted by Gasteiger charge is -2.29. The Bertz CT molecular complexity index is 299. The molecule has 0 bridgehead atoms. The first-order chi connectivity index (χ1) is 7.06. The highest BCUT2D eigenvalue weighted by Gasteiger charge is 2.21. The third-order valence-corrected chi connectivity index (χ3v) is 3.55. The molecular weight excluding hydrogens is 208 g/mol. The van der Waals surface area contributed by atoms with E-state index in [1.807, 2.05) is 14.0 Å². The van der Waals surface area contributed by atoms with E-state index >= 15 is 0 Å². The second-order valence-corrected chi connectivity index (χ2v) is 5.28. The zero-order valence-electron chi connectivity index (χ0n) is 9.60. The molecule has 2 unspecified atom stereocenters. The first kappa shape index (κ1) is 12.6. The molecule has 0 amide bonds. The molecule has 4 heteroatoms. The minimum Gasteiger partial charge on any atom is -0.395 e. The van der Waals surface area contributed by atoms with Gasteiger partial charge in [0.2, 0.25) is 0 Å². The Labute approximate surface area is 95.5 Å². The van der Waals surface area contributed by atoms with Crippen molar-refractivity contribution in [1.29, 1.82) is 0 Å². The van der Waals surface area contributed by atoms with Crippen molar-refractivity contribution < 1.29 is 5.11 Å². The van der Waals surface area contributed by atoms with Gasteiger partial charge in [-0.05, 0) is 33.0 Å². The lowest BCUT2D eigenvalue weighted by Crippen LogP contribution is -2.38. The van der Waals surface area contributed by atoms with Crippen molar-refractivity contribution in [2.75, 3.05) is 20.2 Å². The molecule has 2 atom stereocenters. The van der Waals surface area contributed by atoms with Gasteiger partial charge >= 0.3 is 0 Å². The number of nitrogens with zero attached hydrogens (tertiary/aromatic N) is 1. The Morgan fingerprint density at radius 1 is 1.53 bits per heavy atom. The Morgan fingerprint density at radius 3 is 2.60 bits per heavy atom. The van der Waals surface area contributed by atoms with Crippen LogP contribution in [-0.2, 0) is 0 Å². The van der Waals surface area contributed by atoms with E-state index in [-0.39, 0.29) is 18.7 Å². The predicted octanol–water partition coefficient (Wildman–Crippen LogP) is 1.37. The van der Waals surface area contributed by atoms with Crippen LogP contribution in [0.5, 0.6) is 0 Å². The molecule has 3 nitrogen and oxygen atoms in total. The van der Waals surface area contributed by atoms with Gasteiger partial charge in [-0.3, -0.25) is 4.90 Å². The van der Waals surface area contributed by atoms with Gasteiger partial charge in [-0.1, -0.05) is 0 Å². The molecule has 0 fully saturated rings. The Kier molecular flexibility index (Phi) is 4.73. The standard InChI is InChI=1S/C11H20N2OS/c1-8-4-5-10(15-8)11(9(2)12)13(3)6-7-14/h4-5,9,11,14H,6-7,12H2,1-3H3. The summed E-state index contributed by atoms with van der Waals surface area (Å²) in [5.74, 6) is 0. The summed E-state index contributed by atoms with van der Waals surface area (Å²) in [7, 11) is 2.00. The largest absolute Gasteiger partial charge is 0.395 e. The lowest BCUT2D eigenvalue weighted by atomic mass is 10.1. The van der Waals surface area contributed by atoms with Crippen LogP contribution in [-0.4, -0.2) is 36.2 Å². The van der Waals surface area contributed by atoms with Crippen LogP contribution in [0.15, 0.2) is 12.1 Å². The summed E-state index contributed by atoms with van der Waals surface area (Å²) in [5.41, 5.74) is 5.99. The second-order valence-electron chi connectivity index (χ2n) is 3.96. The molecule has 0 saturated carbocycles. The second kappa shape index (κ2) is 5.61. The van der Waals surface area contributed by atoms with Crippen molar-refractivity contribution in [2.45, 2.75) is 25.9 Å². The Morgan fingerprint density at radius 2 is 2.20 bits per heavy atom. The lowest BCUT2D eigenvalue weighted by molar-refractivity contribution is 0.169. The molecule has 3 N–H and O–H groups in total. The molecule has 1 aromatic heterocycles. The monoisotopic (exact) mass is 228 g/mol. The molecule has 0 aliphatic heterocycles. The van der Waals surface area contributed by atoms with Crippen LogP contribution < -0.4 is 5.73 Å². The molecular formula is C11H20N2OS. The van der Waals surface area contributed by atoms with Crippen molar-refractivity contribution >= 4 is 11.3 Å². The number of aliphatic hydroxyl groups excluding tert-OH is 1. The summed E-state index contributed by atoms with van der Waals surface area (Å²) in [6, 6.07) is 4.51.